The van der Waals surface area contributed by atoms with Gasteiger partial charge >= 0.3 is 0 Å². The van der Waals surface area contributed by atoms with E-state index in [0.717, 1.165) is 16.8 Å². The van der Waals surface area contributed by atoms with Crippen molar-refractivity contribution in [1.29, 1.82) is 0 Å². The van der Waals surface area contributed by atoms with Crippen LogP contribution in [0.4, 0.5) is 4.39 Å². The van der Waals surface area contributed by atoms with E-state index < -0.39 is 44.8 Å². The molecule has 0 bridgehead atoms. The molecule has 0 radical (unpaired) electrons. The molecule has 0 aromatic heterocycles. The zero-order chi connectivity index (χ0) is 29.2. The van der Waals surface area contributed by atoms with Gasteiger partial charge in [-0.25, -0.2) is 4.39 Å². The maximum Gasteiger partial charge on any atom is 0.289 e. The molecule has 0 fully saturated rings. The summed E-state index contributed by atoms with van der Waals surface area (Å²) in [7, 11) is -9.33. The lowest BCUT2D eigenvalue weighted by atomic mass is 10.3. The molecule has 3 atom stereocenters. The second kappa shape index (κ2) is 11.8. The van der Waals surface area contributed by atoms with Crippen molar-refractivity contribution in [3.63, 3.8) is 0 Å². The van der Waals surface area contributed by atoms with Crippen LogP contribution in [0.2, 0.25) is 45.8 Å². The first-order valence-corrected chi connectivity index (χ1v) is 24.8. The number of alkyl halides is 1. The van der Waals surface area contributed by atoms with Gasteiger partial charge in [-0.15, -0.1) is 0 Å². The molecule has 212 valence electrons. The summed E-state index contributed by atoms with van der Waals surface area (Å²) in [6, 6.07) is 20.2. The van der Waals surface area contributed by atoms with Crippen LogP contribution >= 0.6 is 0 Å². The highest BCUT2D eigenvalue weighted by Gasteiger charge is 2.59. The quantitative estimate of drug-likeness (QED) is 0.232. The SMILES string of the molecule is C=C([SiH](C)OC(C)(CC)[Si](C)(C)C)C(C)(F)O[Si](c1ccccc1)(c1ccccc1)C(C)(C)O[Si](C)(C)C. The Bertz CT molecular complexity index is 1020. The monoisotopic (exact) mass is 590 g/mol. The van der Waals surface area contributed by atoms with Gasteiger partial charge in [0.05, 0.1) is 13.3 Å². The van der Waals surface area contributed by atoms with Crippen LogP contribution in [0.5, 0.6) is 0 Å². The van der Waals surface area contributed by atoms with E-state index in [1.807, 2.05) is 42.9 Å². The van der Waals surface area contributed by atoms with E-state index in [4.69, 9.17) is 13.3 Å². The second-order valence-electron chi connectivity index (χ2n) is 13.3. The molecule has 2 aromatic rings. The number of rotatable bonds is 13. The molecule has 0 saturated carbocycles. The average Bonchev–Trinajstić information content (AvgIpc) is 2.80. The molecule has 0 aliphatic rings. The van der Waals surface area contributed by atoms with E-state index in [1.54, 1.807) is 0 Å². The lowest BCUT2D eigenvalue weighted by molar-refractivity contribution is -0.0243. The standard InChI is InChI=1S/C30H51FO3Si4/c1-14-29(5,36(8,9)10)32-35(7)25(2)30(6,31)34-38(26-21-17-15-18-22-26,27-23-19-16-20-24-27)28(3,4)33-37(11,12)13/h15-24,35H,2,14H2,1,3-13H3. The van der Waals surface area contributed by atoms with Gasteiger partial charge in [-0.1, -0.05) is 93.8 Å². The van der Waals surface area contributed by atoms with Gasteiger partial charge in [0.15, 0.2) is 8.32 Å². The minimum Gasteiger partial charge on any atom is -0.413 e. The van der Waals surface area contributed by atoms with E-state index in [9.17, 15) is 0 Å². The van der Waals surface area contributed by atoms with Crippen molar-refractivity contribution in [1.82, 2.24) is 0 Å². The Balaban J connectivity index is 2.71. The number of benzene rings is 2. The van der Waals surface area contributed by atoms with Gasteiger partial charge in [-0.3, -0.25) is 0 Å². The number of halogens is 1. The van der Waals surface area contributed by atoms with Crippen LogP contribution in [0.3, 0.4) is 0 Å². The summed E-state index contributed by atoms with van der Waals surface area (Å²) in [4.78, 5) is 0. The summed E-state index contributed by atoms with van der Waals surface area (Å²) >= 11 is 0. The highest BCUT2D eigenvalue weighted by molar-refractivity contribution is 7.00. The van der Waals surface area contributed by atoms with Gasteiger partial charge in [0.25, 0.3) is 8.32 Å². The van der Waals surface area contributed by atoms with E-state index in [2.05, 4.69) is 97.8 Å². The highest BCUT2D eigenvalue weighted by atomic mass is 28.4. The number of hydrogen-bond donors (Lipinski definition) is 0. The Morgan fingerprint density at radius 1 is 0.816 bits per heavy atom. The van der Waals surface area contributed by atoms with Crippen LogP contribution in [0.1, 0.15) is 41.0 Å². The molecule has 38 heavy (non-hydrogen) atoms. The van der Waals surface area contributed by atoms with Crippen molar-refractivity contribution in [2.45, 2.75) is 103 Å². The third kappa shape index (κ3) is 7.13. The van der Waals surface area contributed by atoms with E-state index in [1.165, 1.54) is 6.92 Å². The first kappa shape index (κ1) is 33.1. The largest absolute Gasteiger partial charge is 0.413 e. The van der Waals surface area contributed by atoms with Crippen molar-refractivity contribution in [2.75, 3.05) is 0 Å². The summed E-state index contributed by atoms with van der Waals surface area (Å²) < 4.78 is 37.8. The predicted octanol–water partition coefficient (Wildman–Crippen LogP) is 7.13. The van der Waals surface area contributed by atoms with Crippen molar-refractivity contribution in [2.24, 2.45) is 0 Å². The Kier molecular flexibility index (Phi) is 10.2. The summed E-state index contributed by atoms with van der Waals surface area (Å²) in [6.07, 6.45) is 0.890. The first-order chi connectivity index (χ1) is 17.2. The molecule has 0 heterocycles. The zero-order valence-electron chi connectivity index (χ0n) is 25.9. The van der Waals surface area contributed by atoms with Gasteiger partial charge < -0.3 is 13.3 Å². The van der Waals surface area contributed by atoms with Crippen LogP contribution in [0.25, 0.3) is 0 Å². The maximum absolute atomic E-state index is 17.2. The Labute approximate surface area is 236 Å². The molecule has 2 rings (SSSR count). The molecule has 3 unspecified atom stereocenters. The summed E-state index contributed by atoms with van der Waals surface area (Å²) in [5, 5.41) is 1.35. The van der Waals surface area contributed by atoms with E-state index in [0.29, 0.717) is 5.20 Å². The molecule has 8 heteroatoms. The fourth-order valence-electron chi connectivity index (χ4n) is 5.25. The molecule has 0 N–H and O–H groups in total. The van der Waals surface area contributed by atoms with Gasteiger partial charge in [-0.05, 0) is 75.9 Å². The Morgan fingerprint density at radius 2 is 1.24 bits per heavy atom. The molecular weight excluding hydrogens is 540 g/mol. The van der Waals surface area contributed by atoms with Crippen molar-refractivity contribution in [3.8, 4) is 0 Å². The Hall–Kier alpha value is -1.14. The van der Waals surface area contributed by atoms with Crippen LogP contribution in [0.15, 0.2) is 72.4 Å². The molecule has 0 aliphatic carbocycles. The second-order valence-corrected chi connectivity index (χ2v) is 29.4. The molecule has 0 saturated heterocycles. The molecule has 0 spiro atoms. The summed E-state index contributed by atoms with van der Waals surface area (Å²) in [6.45, 7) is 29.8. The maximum atomic E-state index is 17.2. The van der Waals surface area contributed by atoms with E-state index in [-0.39, 0.29) is 5.22 Å². The minimum atomic E-state index is -3.38. The van der Waals surface area contributed by atoms with Crippen LogP contribution < -0.4 is 10.4 Å². The van der Waals surface area contributed by atoms with Gasteiger partial charge in [-0.2, -0.15) is 0 Å². The normalized spacial score (nSPS) is 17.4. The molecule has 0 amide bonds. The first-order valence-electron chi connectivity index (χ1n) is 13.8. The lowest BCUT2D eigenvalue weighted by Gasteiger charge is -2.50. The molecular formula is C30H51FO3Si4. The van der Waals surface area contributed by atoms with Gasteiger partial charge in [0.2, 0.25) is 14.9 Å². The predicted molar refractivity (Wildman–Crippen MR) is 172 cm³/mol. The molecule has 2 aromatic carbocycles. The lowest BCUT2D eigenvalue weighted by Crippen LogP contribution is -2.77. The van der Waals surface area contributed by atoms with E-state index >= 15 is 4.39 Å². The van der Waals surface area contributed by atoms with Crippen LogP contribution in [-0.4, -0.2) is 50.1 Å². The fraction of sp³-hybridized carbons (Fsp3) is 0.533. The third-order valence-electron chi connectivity index (χ3n) is 7.88. The molecule has 3 nitrogen and oxygen atoms in total. The highest BCUT2D eigenvalue weighted by Crippen LogP contribution is 2.38. The van der Waals surface area contributed by atoms with Gasteiger partial charge in [0, 0.05) is 5.22 Å². The zero-order valence-corrected chi connectivity index (χ0v) is 30.0. The van der Waals surface area contributed by atoms with Crippen molar-refractivity contribution >= 4 is 44.1 Å². The minimum absolute atomic E-state index is 0.259. The van der Waals surface area contributed by atoms with Crippen molar-refractivity contribution < 1.29 is 17.7 Å². The average molecular weight is 591 g/mol. The Morgan fingerprint density at radius 3 is 1.58 bits per heavy atom. The van der Waals surface area contributed by atoms with Crippen LogP contribution in [0, 0.1) is 0 Å². The smallest absolute Gasteiger partial charge is 0.289 e. The topological polar surface area (TPSA) is 27.7 Å². The molecule has 0 aliphatic heterocycles. The van der Waals surface area contributed by atoms with Crippen molar-refractivity contribution in [3.05, 3.63) is 72.4 Å². The third-order valence-corrected chi connectivity index (χ3v) is 20.2. The fourth-order valence-corrected chi connectivity index (χ4v) is 17.5. The van der Waals surface area contributed by atoms with Gasteiger partial charge in [0.1, 0.15) is 0 Å². The summed E-state index contributed by atoms with van der Waals surface area (Å²) in [5.74, 6) is -2.10. The summed E-state index contributed by atoms with van der Waals surface area (Å²) in [5.41, 5.74) is 0. The number of hydrogen-bond acceptors (Lipinski definition) is 3. The van der Waals surface area contributed by atoms with Crippen LogP contribution in [-0.2, 0) is 13.3 Å².